The molecule has 1 aromatic carbocycles. The van der Waals surface area contributed by atoms with Crippen LogP contribution >= 0.6 is 0 Å². The zero-order valence-corrected chi connectivity index (χ0v) is 14.9. The number of hydrogen-bond donors (Lipinski definition) is 2. The van der Waals surface area contributed by atoms with Crippen molar-refractivity contribution in [3.8, 4) is 0 Å². The number of carbonyl (C=O) groups is 1. The van der Waals surface area contributed by atoms with Crippen LogP contribution in [0.3, 0.4) is 0 Å². The molecule has 2 aromatic rings. The summed E-state index contributed by atoms with van der Waals surface area (Å²) < 4.78 is 0. The summed E-state index contributed by atoms with van der Waals surface area (Å²) in [5, 5.41) is 12.9. The van der Waals surface area contributed by atoms with E-state index >= 15 is 0 Å². The first-order valence-corrected chi connectivity index (χ1v) is 9.59. The highest BCUT2D eigenvalue weighted by Gasteiger charge is 2.33. The fourth-order valence-corrected chi connectivity index (χ4v) is 4.21. The van der Waals surface area contributed by atoms with E-state index in [2.05, 4.69) is 45.6 Å². The lowest BCUT2D eigenvalue weighted by molar-refractivity contribution is 0.0689. The topological polar surface area (TPSA) is 75.1 Å². The maximum absolute atomic E-state index is 11.5. The van der Waals surface area contributed by atoms with Gasteiger partial charge in [-0.3, -0.25) is 0 Å². The van der Waals surface area contributed by atoms with Crippen LogP contribution in [0.1, 0.15) is 72.0 Å². The van der Waals surface area contributed by atoms with Gasteiger partial charge in [0, 0.05) is 12.1 Å². The monoisotopic (exact) mass is 351 g/mol. The van der Waals surface area contributed by atoms with Crippen molar-refractivity contribution in [3.05, 3.63) is 53.5 Å². The average molecular weight is 351 g/mol. The molecule has 136 valence electrons. The molecule has 2 N–H and O–H groups in total. The Bertz CT molecular complexity index is 774. The van der Waals surface area contributed by atoms with Gasteiger partial charge in [0.25, 0.3) is 0 Å². The van der Waals surface area contributed by atoms with Crippen LogP contribution in [-0.4, -0.2) is 27.6 Å². The highest BCUT2D eigenvalue weighted by molar-refractivity contribution is 5.89. The van der Waals surface area contributed by atoms with Crippen molar-refractivity contribution < 1.29 is 9.90 Å². The quantitative estimate of drug-likeness (QED) is 0.805. The second-order valence-electron chi connectivity index (χ2n) is 7.59. The third kappa shape index (κ3) is 3.71. The molecule has 5 nitrogen and oxygen atoms in total. The lowest BCUT2D eigenvalue weighted by Gasteiger charge is -2.30. The van der Waals surface area contributed by atoms with E-state index in [9.17, 15) is 9.90 Å². The molecule has 4 rings (SSSR count). The molecule has 0 spiro atoms. The Balaban J connectivity index is 1.44. The van der Waals surface area contributed by atoms with Gasteiger partial charge in [-0.25, -0.2) is 14.8 Å². The first-order valence-electron chi connectivity index (χ1n) is 9.59. The number of carboxylic acid groups (broad SMARTS) is 1. The number of carboxylic acids is 1. The molecule has 2 atom stereocenters. The van der Waals surface area contributed by atoms with Crippen LogP contribution in [-0.2, 0) is 0 Å². The summed E-state index contributed by atoms with van der Waals surface area (Å²) in [5.74, 6) is 1.28. The van der Waals surface area contributed by atoms with Crippen LogP contribution in [0.5, 0.6) is 0 Å². The van der Waals surface area contributed by atoms with E-state index in [4.69, 9.17) is 0 Å². The Hall–Kier alpha value is -2.43. The van der Waals surface area contributed by atoms with Gasteiger partial charge in [-0.1, -0.05) is 36.8 Å². The van der Waals surface area contributed by atoms with E-state index in [-0.39, 0.29) is 5.69 Å². The number of benzene rings is 1. The average Bonchev–Trinajstić information content (AvgIpc) is 3.52. The fraction of sp³-hybridized carbons (Fsp3) is 0.476. The summed E-state index contributed by atoms with van der Waals surface area (Å²) in [4.78, 5) is 19.8. The molecular formula is C21H25N3O2. The standard InChI is InChI=1S/C21H25N3O2/c25-21(26)19-18(16-9-10-16)20(24-13-23-19)22-12-14-5-4-8-17(11-14)15-6-2-1-3-7-15/h1-3,6-7,13-14,16-17H,4-5,8-12H2,(H,25,26)(H,22,23,24)/t14-,17+/m0/s1. The van der Waals surface area contributed by atoms with Crippen molar-refractivity contribution in [1.82, 2.24) is 9.97 Å². The van der Waals surface area contributed by atoms with E-state index in [0.29, 0.717) is 17.8 Å². The lowest BCUT2D eigenvalue weighted by Crippen LogP contribution is -2.23. The molecule has 1 heterocycles. The predicted molar refractivity (Wildman–Crippen MR) is 101 cm³/mol. The summed E-state index contributed by atoms with van der Waals surface area (Å²) in [6.45, 7) is 0.846. The molecule has 0 aliphatic heterocycles. The number of nitrogens with zero attached hydrogens (tertiary/aromatic N) is 2. The summed E-state index contributed by atoms with van der Waals surface area (Å²) in [6.07, 6.45) is 8.31. The summed E-state index contributed by atoms with van der Waals surface area (Å²) in [7, 11) is 0. The maximum Gasteiger partial charge on any atom is 0.354 e. The van der Waals surface area contributed by atoms with Crippen molar-refractivity contribution in [2.24, 2.45) is 5.92 Å². The zero-order chi connectivity index (χ0) is 17.9. The molecular weight excluding hydrogens is 326 g/mol. The molecule has 26 heavy (non-hydrogen) atoms. The molecule has 0 radical (unpaired) electrons. The number of hydrogen-bond acceptors (Lipinski definition) is 4. The van der Waals surface area contributed by atoms with E-state index in [1.807, 2.05) is 0 Å². The van der Waals surface area contributed by atoms with Gasteiger partial charge in [-0.2, -0.15) is 0 Å². The molecule has 2 saturated carbocycles. The molecule has 0 saturated heterocycles. The Kier molecular flexibility index (Phi) is 4.87. The van der Waals surface area contributed by atoms with Crippen LogP contribution in [0.2, 0.25) is 0 Å². The summed E-state index contributed by atoms with van der Waals surface area (Å²) in [6, 6.07) is 10.8. The Morgan fingerprint density at radius 1 is 1.08 bits per heavy atom. The van der Waals surface area contributed by atoms with E-state index in [1.54, 1.807) is 0 Å². The van der Waals surface area contributed by atoms with Crippen LogP contribution in [0, 0.1) is 5.92 Å². The van der Waals surface area contributed by atoms with E-state index < -0.39 is 5.97 Å². The first-order chi connectivity index (χ1) is 12.7. The molecule has 0 unspecified atom stereocenters. The number of rotatable bonds is 6. The van der Waals surface area contributed by atoms with Crippen LogP contribution in [0.25, 0.3) is 0 Å². The Labute approximate surface area is 153 Å². The van der Waals surface area contributed by atoms with Gasteiger partial charge in [0.2, 0.25) is 0 Å². The van der Waals surface area contributed by atoms with Crippen LogP contribution < -0.4 is 5.32 Å². The summed E-state index contributed by atoms with van der Waals surface area (Å²) in [5.41, 5.74) is 2.40. The normalized spacial score (nSPS) is 22.8. The Morgan fingerprint density at radius 2 is 1.88 bits per heavy atom. The number of nitrogens with one attached hydrogen (secondary N) is 1. The summed E-state index contributed by atoms with van der Waals surface area (Å²) >= 11 is 0. The smallest absolute Gasteiger partial charge is 0.354 e. The van der Waals surface area contributed by atoms with Gasteiger partial charge in [0.1, 0.15) is 12.1 Å². The highest BCUT2D eigenvalue weighted by atomic mass is 16.4. The molecule has 0 bridgehead atoms. The largest absolute Gasteiger partial charge is 0.476 e. The van der Waals surface area contributed by atoms with Gasteiger partial charge in [0.15, 0.2) is 5.69 Å². The number of aromatic carboxylic acids is 1. The van der Waals surface area contributed by atoms with Gasteiger partial charge in [0.05, 0.1) is 0 Å². The minimum atomic E-state index is -0.959. The van der Waals surface area contributed by atoms with Crippen molar-refractivity contribution in [2.75, 3.05) is 11.9 Å². The SMILES string of the molecule is O=C(O)c1ncnc(NC[C@H]2CCC[C@@H](c3ccccc3)C2)c1C1CC1. The molecule has 2 aliphatic rings. The van der Waals surface area contributed by atoms with Gasteiger partial charge in [-0.05, 0) is 55.4 Å². The second-order valence-corrected chi connectivity index (χ2v) is 7.59. The van der Waals surface area contributed by atoms with Gasteiger partial charge >= 0.3 is 5.97 Å². The molecule has 5 heteroatoms. The lowest BCUT2D eigenvalue weighted by atomic mass is 9.78. The third-order valence-corrected chi connectivity index (χ3v) is 5.68. The van der Waals surface area contributed by atoms with Crippen LogP contribution in [0.4, 0.5) is 5.82 Å². The maximum atomic E-state index is 11.5. The van der Waals surface area contributed by atoms with Crippen molar-refractivity contribution in [3.63, 3.8) is 0 Å². The van der Waals surface area contributed by atoms with Crippen molar-refractivity contribution in [2.45, 2.75) is 50.4 Å². The minimum Gasteiger partial charge on any atom is -0.476 e. The van der Waals surface area contributed by atoms with Crippen molar-refractivity contribution >= 4 is 11.8 Å². The Morgan fingerprint density at radius 3 is 2.62 bits per heavy atom. The molecule has 2 aliphatic carbocycles. The first kappa shape index (κ1) is 17.0. The fourth-order valence-electron chi connectivity index (χ4n) is 4.21. The predicted octanol–water partition coefficient (Wildman–Crippen LogP) is 4.44. The number of anilines is 1. The molecule has 2 fully saturated rings. The van der Waals surface area contributed by atoms with E-state index in [1.165, 1.54) is 37.6 Å². The zero-order valence-electron chi connectivity index (χ0n) is 14.9. The highest BCUT2D eigenvalue weighted by Crippen LogP contribution is 2.44. The minimum absolute atomic E-state index is 0.163. The number of aromatic nitrogens is 2. The van der Waals surface area contributed by atoms with Crippen LogP contribution in [0.15, 0.2) is 36.7 Å². The van der Waals surface area contributed by atoms with E-state index in [0.717, 1.165) is 30.8 Å². The molecule has 0 amide bonds. The van der Waals surface area contributed by atoms with Crippen molar-refractivity contribution in [1.29, 1.82) is 0 Å². The third-order valence-electron chi connectivity index (χ3n) is 5.68. The molecule has 1 aromatic heterocycles. The second kappa shape index (κ2) is 7.44. The van der Waals surface area contributed by atoms with Gasteiger partial charge in [-0.15, -0.1) is 0 Å². The van der Waals surface area contributed by atoms with Gasteiger partial charge < -0.3 is 10.4 Å².